The lowest BCUT2D eigenvalue weighted by Crippen LogP contribution is -2.40. The molecule has 0 amide bonds. The molecule has 1 saturated heterocycles. The molecule has 2 unspecified atom stereocenters. The topological polar surface area (TPSA) is 27.3 Å². The summed E-state index contributed by atoms with van der Waals surface area (Å²) < 4.78 is 0. The summed E-state index contributed by atoms with van der Waals surface area (Å²) >= 11 is 0. The van der Waals surface area contributed by atoms with E-state index in [9.17, 15) is 0 Å². The molecule has 1 aromatic carbocycles. The van der Waals surface area contributed by atoms with Gasteiger partial charge in [0.05, 0.1) is 5.82 Å². The van der Waals surface area contributed by atoms with Gasteiger partial charge >= 0.3 is 0 Å². The molecule has 2 atom stereocenters. The van der Waals surface area contributed by atoms with E-state index in [0.29, 0.717) is 0 Å². The number of anilines is 1. The van der Waals surface area contributed by atoms with Gasteiger partial charge in [-0.15, -0.1) is 0 Å². The second-order valence-electron chi connectivity index (χ2n) is 7.59. The smallest absolute Gasteiger partial charge is 0.0957 e. The Hall–Kier alpha value is -1.90. The fourth-order valence-corrected chi connectivity index (χ4v) is 4.27. The fraction of sp³-hybridized carbons (Fsp3) is 0.545. The first kappa shape index (κ1) is 17.9. The predicted molar refractivity (Wildman–Crippen MR) is 108 cm³/mol. The zero-order chi connectivity index (χ0) is 17.6. The molecule has 0 radical (unpaired) electrons. The Balaban J connectivity index is 1.56. The van der Waals surface area contributed by atoms with E-state index in [1.807, 2.05) is 0 Å². The van der Waals surface area contributed by atoms with Crippen LogP contribution in [-0.4, -0.2) is 24.5 Å². The minimum Gasteiger partial charge on any atom is -0.372 e. The van der Waals surface area contributed by atoms with Crippen LogP contribution in [0, 0.1) is 11.8 Å². The van der Waals surface area contributed by atoms with E-state index in [0.717, 1.165) is 42.9 Å². The molecule has 3 heteroatoms. The Labute approximate surface area is 153 Å². The summed E-state index contributed by atoms with van der Waals surface area (Å²) in [5.41, 5.74) is 3.47. The van der Waals surface area contributed by atoms with Crippen LogP contribution in [0.2, 0.25) is 0 Å². The lowest BCUT2D eigenvalue weighted by molar-refractivity contribution is 0.124. The molecule has 1 heterocycles. The Bertz CT molecular complexity index is 590. The van der Waals surface area contributed by atoms with Crippen molar-refractivity contribution in [1.29, 1.82) is 0 Å². The minimum absolute atomic E-state index is 0.854. The van der Waals surface area contributed by atoms with Crippen LogP contribution in [0.15, 0.2) is 43.2 Å². The molecule has 1 aromatic rings. The van der Waals surface area contributed by atoms with Gasteiger partial charge in [-0.1, -0.05) is 51.5 Å². The van der Waals surface area contributed by atoms with Crippen molar-refractivity contribution in [2.45, 2.75) is 45.4 Å². The fourth-order valence-electron chi connectivity index (χ4n) is 4.27. The first-order valence-electron chi connectivity index (χ1n) is 9.91. The maximum Gasteiger partial charge on any atom is 0.0957 e. The van der Waals surface area contributed by atoms with Gasteiger partial charge in [0, 0.05) is 31.0 Å². The van der Waals surface area contributed by atoms with Gasteiger partial charge in [0.25, 0.3) is 0 Å². The number of likely N-dealkylation sites (tertiary alicyclic amines) is 1. The first-order valence-corrected chi connectivity index (χ1v) is 9.91. The van der Waals surface area contributed by atoms with E-state index in [4.69, 9.17) is 0 Å². The number of rotatable bonds is 7. The number of hydrogen-bond donors (Lipinski definition) is 2. The van der Waals surface area contributed by atoms with Crippen LogP contribution in [0.3, 0.4) is 0 Å². The first-order chi connectivity index (χ1) is 12.2. The number of nitrogens with one attached hydrogen (secondary N) is 2. The van der Waals surface area contributed by atoms with Crippen molar-refractivity contribution in [1.82, 2.24) is 10.2 Å². The molecular weight excluding hydrogens is 306 g/mol. The van der Waals surface area contributed by atoms with Gasteiger partial charge in [-0.05, 0) is 48.8 Å². The summed E-state index contributed by atoms with van der Waals surface area (Å²) in [6.45, 7) is 13.9. The summed E-state index contributed by atoms with van der Waals surface area (Å²) in [6, 6.07) is 8.58. The van der Waals surface area contributed by atoms with Crippen LogP contribution in [0.1, 0.15) is 51.0 Å². The van der Waals surface area contributed by atoms with Crippen LogP contribution in [0.4, 0.5) is 5.69 Å². The minimum atomic E-state index is 0.854. The lowest BCUT2D eigenvalue weighted by Gasteiger charge is -2.43. The van der Waals surface area contributed by atoms with Crippen molar-refractivity contribution in [3.63, 3.8) is 0 Å². The molecule has 3 nitrogen and oxygen atoms in total. The van der Waals surface area contributed by atoms with Gasteiger partial charge in [-0.3, -0.25) is 0 Å². The molecule has 2 N–H and O–H groups in total. The number of benzene rings is 1. The van der Waals surface area contributed by atoms with E-state index in [-0.39, 0.29) is 0 Å². The van der Waals surface area contributed by atoms with Crippen molar-refractivity contribution >= 4 is 11.4 Å². The molecule has 0 aromatic heterocycles. The van der Waals surface area contributed by atoms with Gasteiger partial charge in [0.15, 0.2) is 0 Å². The molecule has 3 rings (SSSR count). The largest absolute Gasteiger partial charge is 0.372 e. The highest BCUT2D eigenvalue weighted by atomic mass is 15.1. The number of nitrogens with zero attached hydrogens (tertiary/aromatic N) is 1. The van der Waals surface area contributed by atoms with Gasteiger partial charge in [0.2, 0.25) is 0 Å². The second kappa shape index (κ2) is 8.46. The third-order valence-electron chi connectivity index (χ3n) is 5.77. The van der Waals surface area contributed by atoms with Crippen molar-refractivity contribution in [3.05, 3.63) is 48.8 Å². The molecule has 2 fully saturated rings. The summed E-state index contributed by atoms with van der Waals surface area (Å²) in [4.78, 5) is 2.51. The average molecular weight is 340 g/mol. The summed E-state index contributed by atoms with van der Waals surface area (Å²) in [7, 11) is 0. The van der Waals surface area contributed by atoms with E-state index in [2.05, 4.69) is 59.9 Å². The number of hydrogen-bond acceptors (Lipinski definition) is 3. The molecular formula is C22H33N3. The molecule has 25 heavy (non-hydrogen) atoms. The maximum atomic E-state index is 4.39. The molecule has 136 valence electrons. The van der Waals surface area contributed by atoms with Crippen LogP contribution in [-0.2, 0) is 0 Å². The highest BCUT2D eigenvalue weighted by Crippen LogP contribution is 2.38. The molecule has 1 aliphatic carbocycles. The van der Waals surface area contributed by atoms with Crippen LogP contribution in [0.5, 0.6) is 0 Å². The van der Waals surface area contributed by atoms with Crippen molar-refractivity contribution in [2.75, 3.05) is 25.0 Å². The Morgan fingerprint density at radius 1 is 1.08 bits per heavy atom. The second-order valence-corrected chi connectivity index (χ2v) is 7.59. The Morgan fingerprint density at radius 2 is 1.80 bits per heavy atom. The SMILES string of the molecule is C=C(NCCC)Nc1ccc(C(=C)N2CCC3CCCCC3C2)cc1. The van der Waals surface area contributed by atoms with Crippen LogP contribution < -0.4 is 10.6 Å². The quantitative estimate of drug-likeness (QED) is 0.728. The van der Waals surface area contributed by atoms with Crippen LogP contribution in [0.25, 0.3) is 5.70 Å². The van der Waals surface area contributed by atoms with Crippen molar-refractivity contribution in [3.8, 4) is 0 Å². The van der Waals surface area contributed by atoms with Gasteiger partial charge < -0.3 is 15.5 Å². The molecule has 0 bridgehead atoms. The van der Waals surface area contributed by atoms with Gasteiger partial charge in [0.1, 0.15) is 0 Å². The average Bonchev–Trinajstić information content (AvgIpc) is 2.66. The highest BCUT2D eigenvalue weighted by molar-refractivity contribution is 5.64. The summed E-state index contributed by atoms with van der Waals surface area (Å²) in [6.07, 6.45) is 8.14. The zero-order valence-electron chi connectivity index (χ0n) is 15.7. The monoisotopic (exact) mass is 339 g/mol. The normalized spacial score (nSPS) is 22.8. The highest BCUT2D eigenvalue weighted by Gasteiger charge is 2.31. The molecule has 2 aliphatic rings. The maximum absolute atomic E-state index is 4.39. The molecule has 1 aliphatic heterocycles. The Morgan fingerprint density at radius 3 is 2.52 bits per heavy atom. The molecule has 1 saturated carbocycles. The van der Waals surface area contributed by atoms with E-state index in [1.54, 1.807) is 0 Å². The Kier molecular flexibility index (Phi) is 6.06. The zero-order valence-corrected chi connectivity index (χ0v) is 15.7. The number of fused-ring (bicyclic) bond motifs is 1. The van der Waals surface area contributed by atoms with E-state index >= 15 is 0 Å². The van der Waals surface area contributed by atoms with Crippen molar-refractivity contribution in [2.24, 2.45) is 11.8 Å². The standard InChI is InChI=1S/C22H33N3/c1-4-14-23-18(3)24-22-11-9-19(10-12-22)17(2)25-15-13-20-7-5-6-8-21(20)16-25/h9-12,20-21,23-24H,2-8,13-16H2,1H3. The third-order valence-corrected chi connectivity index (χ3v) is 5.77. The van der Waals surface area contributed by atoms with Gasteiger partial charge in [-0.25, -0.2) is 0 Å². The van der Waals surface area contributed by atoms with E-state index in [1.165, 1.54) is 49.9 Å². The molecule has 0 spiro atoms. The van der Waals surface area contributed by atoms with E-state index < -0.39 is 0 Å². The van der Waals surface area contributed by atoms with Crippen LogP contribution >= 0.6 is 0 Å². The summed E-state index contributed by atoms with van der Waals surface area (Å²) in [5, 5.41) is 6.58. The number of piperidine rings is 1. The third kappa shape index (κ3) is 4.59. The van der Waals surface area contributed by atoms with Gasteiger partial charge in [-0.2, -0.15) is 0 Å². The van der Waals surface area contributed by atoms with Crippen molar-refractivity contribution < 1.29 is 0 Å². The summed E-state index contributed by atoms with van der Waals surface area (Å²) in [5.74, 6) is 2.70. The lowest BCUT2D eigenvalue weighted by atomic mass is 9.75. The predicted octanol–water partition coefficient (Wildman–Crippen LogP) is 5.05.